The maximum absolute atomic E-state index is 12.5. The number of halogens is 1. The maximum atomic E-state index is 12.5. The number of aromatic amines is 1. The van der Waals surface area contributed by atoms with Crippen molar-refractivity contribution in [3.05, 3.63) is 71.0 Å². The van der Waals surface area contributed by atoms with Crippen molar-refractivity contribution in [1.29, 1.82) is 0 Å². The molecule has 0 saturated carbocycles. The summed E-state index contributed by atoms with van der Waals surface area (Å²) in [7, 11) is 0. The second-order valence-corrected chi connectivity index (χ2v) is 8.90. The normalized spacial score (nSPS) is 15.9. The van der Waals surface area contributed by atoms with Gasteiger partial charge in [-0.15, -0.1) is 0 Å². The Hall–Kier alpha value is -2.73. The van der Waals surface area contributed by atoms with Crippen LogP contribution in [0.1, 0.15) is 44.1 Å². The lowest BCUT2D eigenvalue weighted by molar-refractivity contribution is 0.262. The molecule has 1 unspecified atom stereocenters. The lowest BCUT2D eigenvalue weighted by Crippen LogP contribution is -2.24. The average molecular weight is 481 g/mol. The number of anilines is 2. The van der Waals surface area contributed by atoms with Gasteiger partial charge in [-0.25, -0.2) is 4.79 Å². The number of aromatic nitrogens is 1. The minimum absolute atomic E-state index is 0.261. The van der Waals surface area contributed by atoms with E-state index in [4.69, 9.17) is 0 Å². The summed E-state index contributed by atoms with van der Waals surface area (Å²) in [6, 6.07) is 13.3. The number of fused-ring (bicyclic) bond motifs is 1. The Labute approximate surface area is 192 Å². The molecular formula is C25H29BrN4O. The van der Waals surface area contributed by atoms with Crippen molar-refractivity contribution in [3.63, 3.8) is 0 Å². The first kappa shape index (κ1) is 21.5. The first-order valence-electron chi connectivity index (χ1n) is 11.0. The second-order valence-electron chi connectivity index (χ2n) is 8.04. The van der Waals surface area contributed by atoms with E-state index in [0.29, 0.717) is 5.92 Å². The van der Waals surface area contributed by atoms with E-state index in [1.165, 1.54) is 24.8 Å². The molecule has 4 rings (SSSR count). The highest BCUT2D eigenvalue weighted by atomic mass is 79.9. The molecule has 2 aromatic carbocycles. The number of unbranched alkanes of at least 4 members (excludes halogenated alkanes) is 2. The van der Waals surface area contributed by atoms with Gasteiger partial charge in [0.1, 0.15) is 0 Å². The van der Waals surface area contributed by atoms with Crippen LogP contribution in [0.25, 0.3) is 10.9 Å². The van der Waals surface area contributed by atoms with E-state index in [1.54, 1.807) is 0 Å². The van der Waals surface area contributed by atoms with Crippen molar-refractivity contribution < 1.29 is 4.79 Å². The van der Waals surface area contributed by atoms with Crippen molar-refractivity contribution in [2.75, 3.05) is 23.7 Å². The second kappa shape index (κ2) is 10.1. The molecule has 31 heavy (non-hydrogen) atoms. The number of benzene rings is 2. The molecule has 1 aromatic heterocycles. The number of nitrogens with one attached hydrogen (secondary N) is 3. The summed E-state index contributed by atoms with van der Waals surface area (Å²) in [5.41, 5.74) is 3.89. The van der Waals surface area contributed by atoms with Crippen LogP contribution in [0.2, 0.25) is 0 Å². The number of carbonyl (C=O) groups is 1. The van der Waals surface area contributed by atoms with Crippen LogP contribution in [0.3, 0.4) is 0 Å². The highest BCUT2D eigenvalue weighted by Crippen LogP contribution is 2.33. The molecule has 1 atom stereocenters. The minimum atomic E-state index is -0.261. The number of carbonyl (C=O) groups excluding carboxylic acids is 1. The molecule has 0 spiro atoms. The van der Waals surface area contributed by atoms with E-state index in [2.05, 4.69) is 67.9 Å². The Morgan fingerprint density at radius 1 is 1.19 bits per heavy atom. The van der Waals surface area contributed by atoms with Gasteiger partial charge in [0.15, 0.2) is 0 Å². The van der Waals surface area contributed by atoms with Crippen LogP contribution in [0.15, 0.2) is 65.4 Å². The van der Waals surface area contributed by atoms with Gasteiger partial charge in [-0.1, -0.05) is 38.0 Å². The number of rotatable bonds is 7. The number of nitrogens with zero attached hydrogens (tertiary/aromatic N) is 1. The zero-order valence-corrected chi connectivity index (χ0v) is 19.4. The number of hydrogen-bond acceptors (Lipinski definition) is 2. The van der Waals surface area contributed by atoms with Gasteiger partial charge in [0, 0.05) is 46.3 Å². The van der Waals surface area contributed by atoms with Crippen molar-refractivity contribution in [3.8, 4) is 0 Å². The third kappa shape index (κ3) is 5.31. The lowest BCUT2D eigenvalue weighted by atomic mass is 9.93. The molecule has 0 fully saturated rings. The minimum Gasteiger partial charge on any atom is -0.378 e. The predicted octanol–water partition coefficient (Wildman–Crippen LogP) is 7.07. The molecule has 2 heterocycles. The van der Waals surface area contributed by atoms with Gasteiger partial charge >= 0.3 is 6.03 Å². The molecular weight excluding hydrogens is 452 g/mol. The number of H-pyrrole nitrogens is 1. The Morgan fingerprint density at radius 2 is 2.06 bits per heavy atom. The fraction of sp³-hybridized carbons (Fsp3) is 0.320. The van der Waals surface area contributed by atoms with Crippen molar-refractivity contribution in [1.82, 2.24) is 9.88 Å². The van der Waals surface area contributed by atoms with E-state index in [0.717, 1.165) is 46.3 Å². The van der Waals surface area contributed by atoms with Crippen LogP contribution in [0.5, 0.6) is 0 Å². The fourth-order valence-corrected chi connectivity index (χ4v) is 4.47. The van der Waals surface area contributed by atoms with Crippen molar-refractivity contribution in [2.24, 2.45) is 0 Å². The SMILES string of the molecule is CCCCCN1C=CC(c2c[nH]c3ccc(NC(=O)Nc4ccccc4Br)cc23)CC1. The van der Waals surface area contributed by atoms with Crippen LogP contribution >= 0.6 is 15.9 Å². The largest absolute Gasteiger partial charge is 0.378 e. The first-order valence-corrected chi connectivity index (χ1v) is 11.8. The molecule has 0 saturated heterocycles. The van der Waals surface area contributed by atoms with Crippen molar-refractivity contribution in [2.45, 2.75) is 38.5 Å². The van der Waals surface area contributed by atoms with Crippen LogP contribution < -0.4 is 10.6 Å². The topological polar surface area (TPSA) is 60.2 Å². The maximum Gasteiger partial charge on any atom is 0.323 e. The van der Waals surface area contributed by atoms with E-state index >= 15 is 0 Å². The van der Waals surface area contributed by atoms with Gasteiger partial charge in [0.05, 0.1) is 5.69 Å². The Kier molecular flexibility index (Phi) is 6.97. The van der Waals surface area contributed by atoms with Gasteiger partial charge in [0.2, 0.25) is 0 Å². The first-order chi connectivity index (χ1) is 15.1. The smallest absolute Gasteiger partial charge is 0.323 e. The van der Waals surface area contributed by atoms with E-state index in [-0.39, 0.29) is 6.03 Å². The number of amides is 2. The summed E-state index contributed by atoms with van der Waals surface area (Å²) >= 11 is 3.46. The summed E-state index contributed by atoms with van der Waals surface area (Å²) in [6.07, 6.45) is 11.6. The summed E-state index contributed by atoms with van der Waals surface area (Å²) in [6.45, 7) is 4.47. The quantitative estimate of drug-likeness (QED) is 0.316. The van der Waals surface area contributed by atoms with E-state index in [1.807, 2.05) is 36.4 Å². The van der Waals surface area contributed by atoms with Gasteiger partial charge in [-0.3, -0.25) is 0 Å². The molecule has 3 N–H and O–H groups in total. The molecule has 1 aliphatic rings. The molecule has 162 valence electrons. The average Bonchev–Trinajstić information content (AvgIpc) is 3.19. The summed E-state index contributed by atoms with van der Waals surface area (Å²) in [5.74, 6) is 0.389. The van der Waals surface area contributed by atoms with Crippen LogP contribution in [0, 0.1) is 0 Å². The van der Waals surface area contributed by atoms with E-state index < -0.39 is 0 Å². The van der Waals surface area contributed by atoms with Gasteiger partial charge < -0.3 is 20.5 Å². The number of urea groups is 1. The molecule has 1 aliphatic heterocycles. The third-order valence-electron chi connectivity index (χ3n) is 5.80. The Bertz CT molecular complexity index is 1070. The molecule has 5 nitrogen and oxygen atoms in total. The van der Waals surface area contributed by atoms with Crippen LogP contribution in [0.4, 0.5) is 16.2 Å². The zero-order valence-electron chi connectivity index (χ0n) is 17.8. The Balaban J connectivity index is 1.45. The van der Waals surface area contributed by atoms with Crippen LogP contribution in [-0.2, 0) is 0 Å². The highest BCUT2D eigenvalue weighted by molar-refractivity contribution is 9.10. The summed E-state index contributed by atoms with van der Waals surface area (Å²) < 4.78 is 0.848. The van der Waals surface area contributed by atoms with E-state index in [9.17, 15) is 4.79 Å². The molecule has 0 bridgehead atoms. The lowest BCUT2D eigenvalue weighted by Gasteiger charge is -2.27. The molecule has 0 aliphatic carbocycles. The monoisotopic (exact) mass is 480 g/mol. The number of allylic oxidation sites excluding steroid dienone is 1. The van der Waals surface area contributed by atoms with Gasteiger partial charge in [0.25, 0.3) is 0 Å². The molecule has 2 amide bonds. The number of hydrogen-bond donors (Lipinski definition) is 3. The summed E-state index contributed by atoms with van der Waals surface area (Å²) in [4.78, 5) is 18.3. The van der Waals surface area contributed by atoms with Crippen LogP contribution in [-0.4, -0.2) is 29.0 Å². The zero-order chi connectivity index (χ0) is 21.6. The van der Waals surface area contributed by atoms with Gasteiger partial charge in [-0.2, -0.15) is 0 Å². The van der Waals surface area contributed by atoms with Crippen molar-refractivity contribution >= 4 is 44.2 Å². The molecule has 0 radical (unpaired) electrons. The number of para-hydroxylation sites is 1. The molecule has 3 aromatic rings. The highest BCUT2D eigenvalue weighted by Gasteiger charge is 2.18. The fourth-order valence-electron chi connectivity index (χ4n) is 4.09. The summed E-state index contributed by atoms with van der Waals surface area (Å²) in [5, 5.41) is 7.00. The Morgan fingerprint density at radius 3 is 2.84 bits per heavy atom. The molecule has 6 heteroatoms. The standard InChI is InChI=1S/C25H29BrN4O/c1-2-3-6-13-30-14-11-18(12-15-30)21-17-27-23-10-9-19(16-20(21)23)28-25(31)29-24-8-5-4-7-22(24)26/h4-5,7-11,14,16-18,27H,2-3,6,12-13,15H2,1H3,(H2,28,29,31). The third-order valence-corrected chi connectivity index (χ3v) is 6.49. The van der Waals surface area contributed by atoms with Gasteiger partial charge in [-0.05, 0) is 70.9 Å². The predicted molar refractivity (Wildman–Crippen MR) is 133 cm³/mol.